The molecule has 6 heteroatoms. The molecule has 0 aromatic heterocycles. The summed E-state index contributed by atoms with van der Waals surface area (Å²) >= 11 is 0. The van der Waals surface area contributed by atoms with E-state index < -0.39 is 17.2 Å². The van der Waals surface area contributed by atoms with Crippen molar-refractivity contribution in [2.75, 3.05) is 14.2 Å². The van der Waals surface area contributed by atoms with E-state index in [2.05, 4.69) is 0 Å². The first-order chi connectivity index (χ1) is 12.4. The van der Waals surface area contributed by atoms with Gasteiger partial charge in [-0.2, -0.15) is 8.78 Å². The Morgan fingerprint density at radius 3 is 1.15 bits per heavy atom. The van der Waals surface area contributed by atoms with Crippen LogP contribution in [0.5, 0.6) is 0 Å². The normalized spacial score (nSPS) is 26.7. The van der Waals surface area contributed by atoms with Gasteiger partial charge >= 0.3 is 6.17 Å². The lowest BCUT2D eigenvalue weighted by molar-refractivity contribution is -0.267. The van der Waals surface area contributed by atoms with Crippen LogP contribution >= 0.6 is 0 Å². The Balaban J connectivity index is 3.57. The van der Waals surface area contributed by atoms with Gasteiger partial charge in [0, 0.05) is 37.4 Å². The Morgan fingerprint density at radius 2 is 0.963 bits per heavy atom. The zero-order chi connectivity index (χ0) is 21.2. The van der Waals surface area contributed by atoms with Crippen molar-refractivity contribution in [2.45, 2.75) is 123 Å². The standard InChI is InChI=1S/C21H42F2N2O2/c1-11-15(17(13-3)26-9)24-19(5,6)20(7,8)25(21(24,22)23)16(12-2)18(14-4)27-10/h15-18H,11-14H2,1-10H3. The number of nitrogens with zero attached hydrogens (tertiary/aromatic N) is 2. The van der Waals surface area contributed by atoms with Crippen molar-refractivity contribution >= 4 is 0 Å². The predicted molar refractivity (Wildman–Crippen MR) is 107 cm³/mol. The Hall–Kier alpha value is -0.300. The zero-order valence-corrected chi connectivity index (χ0v) is 19.1. The average Bonchev–Trinajstić information content (AvgIpc) is 2.70. The molecule has 4 nitrogen and oxygen atoms in total. The smallest absolute Gasteiger partial charge is 0.371 e. The van der Waals surface area contributed by atoms with Gasteiger partial charge in [0.05, 0.1) is 12.2 Å². The molecule has 0 N–H and O–H groups in total. The molecule has 1 saturated heterocycles. The van der Waals surface area contributed by atoms with E-state index in [0.717, 1.165) is 0 Å². The van der Waals surface area contributed by atoms with Crippen LogP contribution in [0.3, 0.4) is 0 Å². The number of alkyl halides is 2. The SMILES string of the molecule is CCC(OC)C(CC)N1C(F)(F)N(C(CC)C(CC)OC)C(C)(C)C1(C)C. The van der Waals surface area contributed by atoms with Gasteiger partial charge in [0.2, 0.25) is 0 Å². The van der Waals surface area contributed by atoms with Crippen molar-refractivity contribution in [1.29, 1.82) is 0 Å². The van der Waals surface area contributed by atoms with E-state index in [9.17, 15) is 0 Å². The molecule has 27 heavy (non-hydrogen) atoms. The minimum Gasteiger partial charge on any atom is -0.380 e. The van der Waals surface area contributed by atoms with Gasteiger partial charge in [0.15, 0.2) is 0 Å². The minimum atomic E-state index is -3.09. The fraction of sp³-hybridized carbons (Fsp3) is 1.00. The van der Waals surface area contributed by atoms with Gasteiger partial charge in [-0.15, -0.1) is 0 Å². The van der Waals surface area contributed by atoms with E-state index in [0.29, 0.717) is 25.7 Å². The maximum absolute atomic E-state index is 16.1. The van der Waals surface area contributed by atoms with Crippen LogP contribution in [-0.4, -0.2) is 65.6 Å². The molecule has 0 bridgehead atoms. The maximum Gasteiger partial charge on any atom is 0.371 e. The summed E-state index contributed by atoms with van der Waals surface area (Å²) in [7, 11) is 3.24. The molecule has 0 radical (unpaired) electrons. The highest BCUT2D eigenvalue weighted by atomic mass is 19.3. The minimum absolute atomic E-state index is 0.236. The number of halogens is 2. The van der Waals surface area contributed by atoms with Gasteiger partial charge < -0.3 is 9.47 Å². The lowest BCUT2D eigenvalue weighted by atomic mass is 9.80. The molecular weight excluding hydrogens is 350 g/mol. The van der Waals surface area contributed by atoms with Gasteiger partial charge in [0.25, 0.3) is 0 Å². The number of hydrogen-bond donors (Lipinski definition) is 0. The van der Waals surface area contributed by atoms with Gasteiger partial charge in [-0.3, -0.25) is 0 Å². The quantitative estimate of drug-likeness (QED) is 0.482. The molecule has 1 heterocycles. The predicted octanol–water partition coefficient (Wildman–Crippen LogP) is 5.12. The van der Waals surface area contributed by atoms with Gasteiger partial charge in [0.1, 0.15) is 0 Å². The zero-order valence-electron chi connectivity index (χ0n) is 19.1. The lowest BCUT2D eigenvalue weighted by Crippen LogP contribution is -2.60. The monoisotopic (exact) mass is 392 g/mol. The van der Waals surface area contributed by atoms with Crippen molar-refractivity contribution in [1.82, 2.24) is 9.80 Å². The molecule has 1 fully saturated rings. The summed E-state index contributed by atoms with van der Waals surface area (Å²) in [5, 5.41) is 0. The van der Waals surface area contributed by atoms with E-state index in [4.69, 9.17) is 9.47 Å². The Labute approximate surface area is 165 Å². The summed E-state index contributed by atoms with van der Waals surface area (Å²) in [6, 6.07) is -0.733. The summed E-state index contributed by atoms with van der Waals surface area (Å²) in [5.74, 6) is 0. The summed E-state index contributed by atoms with van der Waals surface area (Å²) in [4.78, 5) is 2.84. The molecule has 1 rings (SSSR count). The molecular formula is C21H42F2N2O2. The summed E-state index contributed by atoms with van der Waals surface area (Å²) in [5.41, 5.74) is -1.49. The first-order valence-electron chi connectivity index (χ1n) is 10.5. The van der Waals surface area contributed by atoms with E-state index in [1.54, 1.807) is 14.2 Å². The van der Waals surface area contributed by atoms with Crippen molar-refractivity contribution in [3.05, 3.63) is 0 Å². The van der Waals surface area contributed by atoms with E-state index in [-0.39, 0.29) is 24.3 Å². The van der Waals surface area contributed by atoms with Crippen LogP contribution in [0.15, 0.2) is 0 Å². The lowest BCUT2D eigenvalue weighted by Gasteiger charge is -2.46. The molecule has 0 aromatic carbocycles. The van der Waals surface area contributed by atoms with Gasteiger partial charge in [-0.25, -0.2) is 9.80 Å². The van der Waals surface area contributed by atoms with Crippen molar-refractivity contribution in [3.63, 3.8) is 0 Å². The Morgan fingerprint density at radius 1 is 0.667 bits per heavy atom. The highest BCUT2D eigenvalue weighted by Gasteiger charge is 2.71. The third kappa shape index (κ3) is 3.92. The fourth-order valence-electron chi connectivity index (χ4n) is 5.02. The molecule has 0 aromatic rings. The molecule has 162 valence electrons. The average molecular weight is 393 g/mol. The van der Waals surface area contributed by atoms with Crippen LogP contribution in [0.25, 0.3) is 0 Å². The van der Waals surface area contributed by atoms with Crippen LogP contribution in [-0.2, 0) is 9.47 Å². The second kappa shape index (κ2) is 9.02. The molecule has 1 aliphatic rings. The topological polar surface area (TPSA) is 24.9 Å². The second-order valence-corrected chi connectivity index (χ2v) is 8.68. The Bertz CT molecular complexity index is 423. The number of methoxy groups -OCH3 is 2. The van der Waals surface area contributed by atoms with Crippen LogP contribution in [0.1, 0.15) is 81.1 Å². The number of rotatable bonds is 10. The summed E-state index contributed by atoms with van der Waals surface area (Å²) < 4.78 is 43.5. The van der Waals surface area contributed by atoms with Gasteiger partial charge in [-0.1, -0.05) is 27.7 Å². The highest BCUT2D eigenvalue weighted by Crippen LogP contribution is 2.54. The first kappa shape index (κ1) is 24.7. The Kier molecular flexibility index (Phi) is 8.26. The third-order valence-electron chi connectivity index (χ3n) is 7.05. The molecule has 4 unspecified atom stereocenters. The maximum atomic E-state index is 16.1. The van der Waals surface area contributed by atoms with Crippen molar-refractivity contribution < 1.29 is 18.3 Å². The third-order valence-corrected chi connectivity index (χ3v) is 7.05. The summed E-state index contributed by atoms with van der Waals surface area (Å²) in [6.45, 7) is 15.7. The van der Waals surface area contributed by atoms with Gasteiger partial charge in [-0.05, 0) is 53.4 Å². The molecule has 0 aliphatic carbocycles. The molecule has 0 spiro atoms. The molecule has 4 atom stereocenters. The molecule has 1 aliphatic heterocycles. The van der Waals surface area contributed by atoms with E-state index >= 15 is 8.78 Å². The van der Waals surface area contributed by atoms with Crippen LogP contribution < -0.4 is 0 Å². The largest absolute Gasteiger partial charge is 0.380 e. The summed E-state index contributed by atoms with van der Waals surface area (Å²) in [6.07, 6.45) is -0.954. The molecule has 0 saturated carbocycles. The number of ether oxygens (including phenoxy) is 2. The van der Waals surface area contributed by atoms with Crippen molar-refractivity contribution in [2.24, 2.45) is 0 Å². The highest BCUT2D eigenvalue weighted by molar-refractivity contribution is 5.15. The molecule has 0 amide bonds. The van der Waals surface area contributed by atoms with Crippen molar-refractivity contribution in [3.8, 4) is 0 Å². The second-order valence-electron chi connectivity index (χ2n) is 8.68. The van der Waals surface area contributed by atoms with Crippen LogP contribution in [0.2, 0.25) is 0 Å². The first-order valence-corrected chi connectivity index (χ1v) is 10.5. The van der Waals surface area contributed by atoms with Crippen LogP contribution in [0.4, 0.5) is 8.78 Å². The number of hydrogen-bond acceptors (Lipinski definition) is 4. The van der Waals surface area contributed by atoms with E-state index in [1.807, 2.05) is 55.4 Å². The fourth-order valence-corrected chi connectivity index (χ4v) is 5.02. The van der Waals surface area contributed by atoms with E-state index in [1.165, 1.54) is 9.80 Å². The van der Waals surface area contributed by atoms with Crippen LogP contribution in [0, 0.1) is 0 Å².